The summed E-state index contributed by atoms with van der Waals surface area (Å²) < 4.78 is 31.2. The predicted molar refractivity (Wildman–Crippen MR) is 129 cm³/mol. The second kappa shape index (κ2) is 11.2. The minimum Gasteiger partial charge on any atom is -0.494 e. The first-order chi connectivity index (χ1) is 15.8. The minimum absolute atomic E-state index is 0.135. The van der Waals surface area contributed by atoms with Gasteiger partial charge in [-0.15, -0.1) is 0 Å². The molecule has 2 aromatic carbocycles. The summed E-state index contributed by atoms with van der Waals surface area (Å²) in [4.78, 5) is 25.6. The van der Waals surface area contributed by atoms with Crippen LogP contribution in [0.15, 0.2) is 48.5 Å². The molecule has 0 heterocycles. The van der Waals surface area contributed by atoms with E-state index in [0.29, 0.717) is 29.3 Å². The van der Waals surface area contributed by atoms with Gasteiger partial charge in [-0.1, -0.05) is 31.4 Å². The van der Waals surface area contributed by atoms with E-state index in [-0.39, 0.29) is 11.9 Å². The van der Waals surface area contributed by atoms with E-state index in [9.17, 15) is 18.0 Å². The largest absolute Gasteiger partial charge is 0.494 e. The van der Waals surface area contributed by atoms with Crippen LogP contribution < -0.4 is 19.7 Å². The first-order valence-corrected chi connectivity index (χ1v) is 13.0. The maximum Gasteiger partial charge on any atom is 0.253 e. The zero-order valence-electron chi connectivity index (χ0n) is 19.0. The van der Waals surface area contributed by atoms with Gasteiger partial charge in [-0.05, 0) is 56.2 Å². The predicted octanol–water partition coefficient (Wildman–Crippen LogP) is 3.55. The van der Waals surface area contributed by atoms with E-state index in [2.05, 4.69) is 10.6 Å². The quantitative estimate of drug-likeness (QED) is 0.580. The Morgan fingerprint density at radius 1 is 1.03 bits per heavy atom. The van der Waals surface area contributed by atoms with Crippen molar-refractivity contribution in [2.45, 2.75) is 45.1 Å². The zero-order valence-corrected chi connectivity index (χ0v) is 19.9. The van der Waals surface area contributed by atoms with Gasteiger partial charge < -0.3 is 15.4 Å². The topological polar surface area (TPSA) is 105 Å². The molecule has 0 spiro atoms. The Morgan fingerprint density at radius 2 is 1.70 bits per heavy atom. The Morgan fingerprint density at radius 3 is 2.33 bits per heavy atom. The van der Waals surface area contributed by atoms with Crippen molar-refractivity contribution in [3.63, 3.8) is 0 Å². The highest BCUT2D eigenvalue weighted by molar-refractivity contribution is 7.92. The van der Waals surface area contributed by atoms with Gasteiger partial charge in [0.1, 0.15) is 12.3 Å². The smallest absolute Gasteiger partial charge is 0.253 e. The van der Waals surface area contributed by atoms with Crippen molar-refractivity contribution in [3.8, 4) is 5.75 Å². The fourth-order valence-corrected chi connectivity index (χ4v) is 4.75. The Hall–Kier alpha value is -3.07. The molecule has 0 unspecified atom stereocenters. The molecule has 0 bridgehead atoms. The van der Waals surface area contributed by atoms with E-state index >= 15 is 0 Å². The summed E-state index contributed by atoms with van der Waals surface area (Å²) in [6.07, 6.45) is 6.32. The third-order valence-corrected chi connectivity index (χ3v) is 6.65. The SMILES string of the molecule is CCOc1ccc(N(CC(=O)Nc2ccccc2C(=O)NC2CCCCC2)S(C)(=O)=O)cc1. The molecule has 0 radical (unpaired) electrons. The number of hydrogen-bond acceptors (Lipinski definition) is 5. The summed E-state index contributed by atoms with van der Waals surface area (Å²) in [6.45, 7) is 1.92. The van der Waals surface area contributed by atoms with Crippen molar-refractivity contribution in [3.05, 3.63) is 54.1 Å². The molecule has 3 rings (SSSR count). The molecule has 0 aromatic heterocycles. The first kappa shape index (κ1) is 24.6. The average molecular weight is 474 g/mol. The number of nitrogens with zero attached hydrogens (tertiary/aromatic N) is 1. The molecule has 0 atom stereocenters. The lowest BCUT2D eigenvalue weighted by Gasteiger charge is -2.24. The number of hydrogen-bond donors (Lipinski definition) is 2. The summed E-state index contributed by atoms with van der Waals surface area (Å²) in [5.74, 6) is -0.187. The Labute approximate surface area is 195 Å². The van der Waals surface area contributed by atoms with E-state index in [1.165, 1.54) is 6.42 Å². The van der Waals surface area contributed by atoms with Crippen molar-refractivity contribution in [1.82, 2.24) is 5.32 Å². The molecule has 1 fully saturated rings. The molecule has 1 aliphatic rings. The summed E-state index contributed by atoms with van der Waals surface area (Å²) in [6, 6.07) is 13.3. The van der Waals surface area contributed by atoms with Crippen LogP contribution in [0.2, 0.25) is 0 Å². The van der Waals surface area contributed by atoms with Gasteiger partial charge in [0.15, 0.2) is 0 Å². The fourth-order valence-electron chi connectivity index (χ4n) is 3.90. The normalized spacial score (nSPS) is 14.4. The van der Waals surface area contributed by atoms with Gasteiger partial charge in [-0.3, -0.25) is 13.9 Å². The third-order valence-electron chi connectivity index (χ3n) is 5.51. The molecule has 1 aliphatic carbocycles. The molecule has 1 saturated carbocycles. The highest BCUT2D eigenvalue weighted by Gasteiger charge is 2.23. The van der Waals surface area contributed by atoms with Crippen molar-refractivity contribution in [1.29, 1.82) is 0 Å². The van der Waals surface area contributed by atoms with Gasteiger partial charge in [-0.25, -0.2) is 8.42 Å². The Kier molecular flexibility index (Phi) is 8.32. The van der Waals surface area contributed by atoms with Gasteiger partial charge in [0, 0.05) is 6.04 Å². The van der Waals surface area contributed by atoms with Gasteiger partial charge >= 0.3 is 0 Å². The number of benzene rings is 2. The van der Waals surface area contributed by atoms with Crippen molar-refractivity contribution >= 4 is 33.2 Å². The number of ether oxygens (including phenoxy) is 1. The van der Waals surface area contributed by atoms with E-state index in [1.54, 1.807) is 48.5 Å². The van der Waals surface area contributed by atoms with Crippen LogP contribution >= 0.6 is 0 Å². The lowest BCUT2D eigenvalue weighted by molar-refractivity contribution is -0.114. The number of nitrogens with one attached hydrogen (secondary N) is 2. The minimum atomic E-state index is -3.72. The van der Waals surface area contributed by atoms with Crippen LogP contribution in [0.4, 0.5) is 11.4 Å². The third kappa shape index (κ3) is 6.95. The van der Waals surface area contributed by atoms with Crippen molar-refractivity contribution in [2.24, 2.45) is 0 Å². The lowest BCUT2D eigenvalue weighted by atomic mass is 9.95. The molecule has 0 aliphatic heterocycles. The summed E-state index contributed by atoms with van der Waals surface area (Å²) in [5.41, 5.74) is 1.04. The maximum atomic E-state index is 12.8. The van der Waals surface area contributed by atoms with E-state index in [4.69, 9.17) is 4.74 Å². The molecule has 2 aromatic rings. The molecule has 9 heteroatoms. The number of carbonyl (C=O) groups is 2. The average Bonchev–Trinajstić information content (AvgIpc) is 2.79. The molecule has 33 heavy (non-hydrogen) atoms. The maximum absolute atomic E-state index is 12.8. The Balaban J connectivity index is 1.72. The molecule has 2 N–H and O–H groups in total. The van der Waals surface area contributed by atoms with Crippen molar-refractivity contribution in [2.75, 3.05) is 29.0 Å². The zero-order chi connectivity index (χ0) is 23.8. The number of para-hydroxylation sites is 1. The van der Waals surface area contributed by atoms with Crippen LogP contribution in [0.1, 0.15) is 49.4 Å². The molecular weight excluding hydrogens is 442 g/mol. The Bertz CT molecular complexity index is 1060. The summed E-state index contributed by atoms with van der Waals surface area (Å²) >= 11 is 0. The van der Waals surface area contributed by atoms with E-state index < -0.39 is 22.5 Å². The highest BCUT2D eigenvalue weighted by Crippen LogP contribution is 2.23. The second-order valence-corrected chi connectivity index (χ2v) is 10.0. The molecule has 178 valence electrons. The number of anilines is 2. The molecule has 8 nitrogen and oxygen atoms in total. The van der Waals surface area contributed by atoms with Crippen LogP contribution in [0, 0.1) is 0 Å². The van der Waals surface area contributed by atoms with Crippen LogP contribution in [0.3, 0.4) is 0 Å². The van der Waals surface area contributed by atoms with Crippen LogP contribution in [0.25, 0.3) is 0 Å². The summed E-state index contributed by atoms with van der Waals surface area (Å²) in [7, 11) is -3.72. The molecular formula is C24H31N3O5S. The first-order valence-electron chi connectivity index (χ1n) is 11.2. The summed E-state index contributed by atoms with van der Waals surface area (Å²) in [5, 5.41) is 5.75. The van der Waals surface area contributed by atoms with Gasteiger partial charge in [0.05, 0.1) is 29.8 Å². The van der Waals surface area contributed by atoms with E-state index in [1.807, 2.05) is 6.92 Å². The molecule has 0 saturated heterocycles. The van der Waals surface area contributed by atoms with Crippen LogP contribution in [0.5, 0.6) is 5.75 Å². The number of amides is 2. The van der Waals surface area contributed by atoms with Crippen LogP contribution in [-0.4, -0.2) is 45.7 Å². The fraction of sp³-hybridized carbons (Fsp3) is 0.417. The lowest BCUT2D eigenvalue weighted by Crippen LogP contribution is -2.38. The number of rotatable bonds is 9. The highest BCUT2D eigenvalue weighted by atomic mass is 32.2. The van der Waals surface area contributed by atoms with Gasteiger partial charge in [0.2, 0.25) is 15.9 Å². The second-order valence-electron chi connectivity index (χ2n) is 8.10. The number of carbonyl (C=O) groups excluding carboxylic acids is 2. The van der Waals surface area contributed by atoms with Gasteiger partial charge in [0.25, 0.3) is 5.91 Å². The monoisotopic (exact) mass is 473 g/mol. The van der Waals surface area contributed by atoms with Gasteiger partial charge in [-0.2, -0.15) is 0 Å². The molecule has 2 amide bonds. The van der Waals surface area contributed by atoms with E-state index in [0.717, 1.165) is 36.2 Å². The standard InChI is InChI=1S/C24H31N3O5S/c1-3-32-20-15-13-19(14-16-20)27(33(2,30)31)17-23(28)26-22-12-8-7-11-21(22)24(29)25-18-9-5-4-6-10-18/h7-8,11-16,18H,3-6,9-10,17H2,1-2H3,(H,25,29)(H,26,28). The number of sulfonamides is 1. The van der Waals surface area contributed by atoms with Crippen molar-refractivity contribution < 1.29 is 22.7 Å². The van der Waals surface area contributed by atoms with Crippen LogP contribution in [-0.2, 0) is 14.8 Å².